The van der Waals surface area contributed by atoms with Crippen molar-refractivity contribution in [1.29, 1.82) is 0 Å². The standard InChI is InChI=1S/C60H121N2O6P/c1-6-8-10-12-14-15-16-17-18-19-20-21-22-23-24-25-26-27-28-29-30-31-32-33-34-35-36-37-38-39-40-41-42-43-44-45-46-48-50-52-54-60(64)61-58(59(63)53-51-49-47-13-11-9-7-2)57-68-69(65,66)67-56-55-62(3,4)5/h51,53,58-59,63H,6-50,52,54-57H2,1-5H3,(H-,61,64,65,66)/b53-51+. The zero-order chi connectivity index (χ0) is 50.6. The first-order chi connectivity index (χ1) is 33.5. The maximum atomic E-state index is 12.9. The van der Waals surface area contributed by atoms with Crippen LogP contribution in [0.3, 0.4) is 0 Å². The van der Waals surface area contributed by atoms with Gasteiger partial charge in [-0.15, -0.1) is 0 Å². The molecule has 3 atom stereocenters. The number of likely N-dealkylation sites (N-methyl/N-ethyl adjacent to an activating group) is 1. The predicted molar refractivity (Wildman–Crippen MR) is 298 cm³/mol. The van der Waals surface area contributed by atoms with Gasteiger partial charge in [0.2, 0.25) is 5.91 Å². The van der Waals surface area contributed by atoms with E-state index in [2.05, 4.69) is 19.2 Å². The molecule has 0 aromatic rings. The Morgan fingerprint density at radius 3 is 1.09 bits per heavy atom. The molecular weight excluding hydrogens is 876 g/mol. The van der Waals surface area contributed by atoms with Gasteiger partial charge in [-0.05, 0) is 19.3 Å². The average molecular weight is 998 g/mol. The SMILES string of the molecule is CCCCCCC/C=C/C(O)C(COP(=O)([O-])OCC[N+](C)(C)C)NC(=O)CCCCCCCCCCCCCCCCCCCCCCCCCCCCCCCCCCCCCCCCCC. The molecule has 1 amide bonds. The number of aliphatic hydroxyl groups is 1. The molecule has 0 spiro atoms. The van der Waals surface area contributed by atoms with Gasteiger partial charge >= 0.3 is 0 Å². The number of carbonyl (C=O) groups excluding carboxylic acids is 1. The van der Waals surface area contributed by atoms with Gasteiger partial charge < -0.3 is 28.8 Å². The van der Waals surface area contributed by atoms with Crippen molar-refractivity contribution in [1.82, 2.24) is 5.32 Å². The molecule has 0 fully saturated rings. The Kier molecular flexibility index (Phi) is 51.5. The summed E-state index contributed by atoms with van der Waals surface area (Å²) in [6, 6.07) is -0.879. The number of phosphoric acid groups is 1. The van der Waals surface area contributed by atoms with Crippen LogP contribution in [0.25, 0.3) is 0 Å². The van der Waals surface area contributed by atoms with Crippen LogP contribution in [0.1, 0.15) is 316 Å². The van der Waals surface area contributed by atoms with Crippen molar-refractivity contribution in [3.05, 3.63) is 12.2 Å². The van der Waals surface area contributed by atoms with Crippen LogP contribution in [0.5, 0.6) is 0 Å². The first-order valence-corrected chi connectivity index (χ1v) is 32.0. The molecule has 0 radical (unpaired) electrons. The van der Waals surface area contributed by atoms with Crippen molar-refractivity contribution in [3.63, 3.8) is 0 Å². The van der Waals surface area contributed by atoms with Gasteiger partial charge in [0.1, 0.15) is 13.2 Å². The highest BCUT2D eigenvalue weighted by Crippen LogP contribution is 2.38. The highest BCUT2D eigenvalue weighted by Gasteiger charge is 2.23. The fourth-order valence-corrected chi connectivity index (χ4v) is 10.2. The quantitative estimate of drug-likeness (QED) is 0.0272. The predicted octanol–water partition coefficient (Wildman–Crippen LogP) is 18.0. The van der Waals surface area contributed by atoms with E-state index in [0.717, 1.165) is 38.5 Å². The molecule has 0 saturated carbocycles. The number of unbranched alkanes of at least 4 members (excludes halogenated alkanes) is 44. The van der Waals surface area contributed by atoms with Crippen molar-refractivity contribution in [2.24, 2.45) is 0 Å². The summed E-state index contributed by atoms with van der Waals surface area (Å²) >= 11 is 0. The summed E-state index contributed by atoms with van der Waals surface area (Å²) in [5.41, 5.74) is 0. The molecule has 0 aromatic heterocycles. The smallest absolute Gasteiger partial charge is 0.268 e. The summed E-state index contributed by atoms with van der Waals surface area (Å²) in [5.74, 6) is -0.195. The lowest BCUT2D eigenvalue weighted by molar-refractivity contribution is -0.870. The van der Waals surface area contributed by atoms with Crippen LogP contribution in [0.2, 0.25) is 0 Å². The third-order valence-electron chi connectivity index (χ3n) is 14.2. The molecule has 0 heterocycles. The van der Waals surface area contributed by atoms with Crippen LogP contribution >= 0.6 is 7.82 Å². The lowest BCUT2D eigenvalue weighted by atomic mass is 10.0. The van der Waals surface area contributed by atoms with Gasteiger partial charge in [-0.25, -0.2) is 0 Å². The molecule has 3 unspecified atom stereocenters. The number of hydrogen-bond acceptors (Lipinski definition) is 6. The van der Waals surface area contributed by atoms with Crippen molar-refractivity contribution in [2.45, 2.75) is 328 Å². The van der Waals surface area contributed by atoms with E-state index in [1.807, 2.05) is 27.2 Å². The second-order valence-corrected chi connectivity index (χ2v) is 23.8. The Hall–Kier alpha value is -0.760. The molecule has 0 saturated heterocycles. The minimum absolute atomic E-state index is 0.00158. The number of phosphoric ester groups is 1. The van der Waals surface area contributed by atoms with Crippen molar-refractivity contribution >= 4 is 13.7 Å². The van der Waals surface area contributed by atoms with Gasteiger partial charge in [0, 0.05) is 6.42 Å². The number of nitrogens with one attached hydrogen (secondary N) is 1. The molecule has 0 bridgehead atoms. The summed E-state index contributed by atoms with van der Waals surface area (Å²) in [7, 11) is 1.27. The molecule has 0 aliphatic heterocycles. The minimum Gasteiger partial charge on any atom is -0.756 e. The monoisotopic (exact) mass is 997 g/mol. The van der Waals surface area contributed by atoms with Gasteiger partial charge in [-0.3, -0.25) is 9.36 Å². The Labute approximate surface area is 431 Å². The Morgan fingerprint density at radius 2 is 0.783 bits per heavy atom. The first kappa shape index (κ1) is 68.2. The summed E-state index contributed by atoms with van der Waals surface area (Å²) in [6.07, 6.45) is 65.2. The van der Waals surface area contributed by atoms with Gasteiger partial charge in [-0.1, -0.05) is 302 Å². The number of nitrogens with zero attached hydrogens (tertiary/aromatic N) is 1. The summed E-state index contributed by atoms with van der Waals surface area (Å²) in [4.78, 5) is 25.3. The molecule has 2 N–H and O–H groups in total. The van der Waals surface area contributed by atoms with Gasteiger partial charge in [0.25, 0.3) is 7.82 Å². The lowest BCUT2D eigenvalue weighted by Gasteiger charge is -2.29. The largest absolute Gasteiger partial charge is 0.756 e. The second kappa shape index (κ2) is 52.1. The third-order valence-corrected chi connectivity index (χ3v) is 15.2. The fraction of sp³-hybridized carbons (Fsp3) is 0.950. The number of rotatable bonds is 57. The molecule has 0 rings (SSSR count). The van der Waals surface area contributed by atoms with Crippen LogP contribution in [-0.2, 0) is 18.4 Å². The third kappa shape index (κ3) is 54.8. The van der Waals surface area contributed by atoms with E-state index in [0.29, 0.717) is 17.4 Å². The summed E-state index contributed by atoms with van der Waals surface area (Å²) in [6.45, 7) is 4.62. The van der Waals surface area contributed by atoms with E-state index in [1.54, 1.807) is 6.08 Å². The van der Waals surface area contributed by atoms with Gasteiger partial charge in [0.05, 0.1) is 39.9 Å². The molecule has 69 heavy (non-hydrogen) atoms. The molecule has 412 valence electrons. The Bertz CT molecular complexity index is 1130. The number of amides is 1. The number of carbonyl (C=O) groups is 1. The topological polar surface area (TPSA) is 108 Å². The van der Waals surface area contributed by atoms with Crippen LogP contribution in [0.15, 0.2) is 12.2 Å². The molecule has 0 aliphatic rings. The van der Waals surface area contributed by atoms with Crippen LogP contribution in [0.4, 0.5) is 0 Å². The average Bonchev–Trinajstić information content (AvgIpc) is 3.31. The lowest BCUT2D eigenvalue weighted by Crippen LogP contribution is -2.45. The van der Waals surface area contributed by atoms with E-state index in [4.69, 9.17) is 9.05 Å². The Balaban J connectivity index is 3.67. The van der Waals surface area contributed by atoms with E-state index in [9.17, 15) is 19.4 Å². The summed E-state index contributed by atoms with van der Waals surface area (Å²) in [5, 5.41) is 13.7. The summed E-state index contributed by atoms with van der Waals surface area (Å²) < 4.78 is 23.2. The fourth-order valence-electron chi connectivity index (χ4n) is 9.45. The van der Waals surface area contributed by atoms with Gasteiger partial charge in [-0.2, -0.15) is 0 Å². The Morgan fingerprint density at radius 1 is 0.493 bits per heavy atom. The van der Waals surface area contributed by atoms with Crippen molar-refractivity contribution < 1.29 is 32.9 Å². The molecule has 9 heteroatoms. The maximum Gasteiger partial charge on any atom is 0.268 e. The first-order valence-electron chi connectivity index (χ1n) is 30.6. The van der Waals surface area contributed by atoms with Crippen LogP contribution < -0.4 is 10.2 Å². The van der Waals surface area contributed by atoms with E-state index < -0.39 is 20.0 Å². The number of quaternary nitrogens is 1. The van der Waals surface area contributed by atoms with Gasteiger partial charge in [0.15, 0.2) is 0 Å². The van der Waals surface area contributed by atoms with E-state index >= 15 is 0 Å². The van der Waals surface area contributed by atoms with E-state index in [1.165, 1.54) is 257 Å². The second-order valence-electron chi connectivity index (χ2n) is 22.4. The minimum atomic E-state index is -4.58. The highest BCUT2D eigenvalue weighted by atomic mass is 31.2. The molecule has 8 nitrogen and oxygen atoms in total. The van der Waals surface area contributed by atoms with Crippen molar-refractivity contribution in [2.75, 3.05) is 40.9 Å². The maximum absolute atomic E-state index is 12.9. The zero-order valence-corrected chi connectivity index (χ0v) is 47.9. The molecule has 0 aliphatic carbocycles. The van der Waals surface area contributed by atoms with Crippen LogP contribution in [0, 0.1) is 0 Å². The number of allylic oxidation sites excluding steroid dienone is 1. The number of hydrogen-bond donors (Lipinski definition) is 2. The number of aliphatic hydroxyl groups excluding tert-OH is 1. The normalized spacial score (nSPS) is 13.9. The zero-order valence-electron chi connectivity index (χ0n) is 47.0. The van der Waals surface area contributed by atoms with Crippen LogP contribution in [-0.4, -0.2) is 68.5 Å². The molecule has 0 aromatic carbocycles. The van der Waals surface area contributed by atoms with E-state index in [-0.39, 0.29) is 19.1 Å². The highest BCUT2D eigenvalue weighted by molar-refractivity contribution is 7.45. The molecular formula is C60H121N2O6P. The van der Waals surface area contributed by atoms with Crippen molar-refractivity contribution in [3.8, 4) is 0 Å².